The summed E-state index contributed by atoms with van der Waals surface area (Å²) in [7, 11) is 0. The molecular formula is C27H27N3O3S. The molecule has 5 rings (SSSR count). The van der Waals surface area contributed by atoms with Gasteiger partial charge in [-0.25, -0.2) is 4.79 Å². The molecule has 0 radical (unpaired) electrons. The topological polar surface area (TPSA) is 69.7 Å². The summed E-state index contributed by atoms with van der Waals surface area (Å²) in [5, 5.41) is 4.91. The molecule has 1 spiro atoms. The van der Waals surface area contributed by atoms with Crippen LogP contribution in [-0.4, -0.2) is 40.7 Å². The monoisotopic (exact) mass is 473 g/mol. The summed E-state index contributed by atoms with van der Waals surface area (Å²) in [6.45, 7) is 0.671. The van der Waals surface area contributed by atoms with Gasteiger partial charge in [0.1, 0.15) is 12.1 Å². The van der Waals surface area contributed by atoms with Crippen LogP contribution in [0.5, 0.6) is 0 Å². The number of benzene rings is 2. The Labute approximate surface area is 203 Å². The third-order valence-corrected chi connectivity index (χ3v) is 7.69. The van der Waals surface area contributed by atoms with Crippen LogP contribution in [0.25, 0.3) is 0 Å². The van der Waals surface area contributed by atoms with Gasteiger partial charge in [-0.2, -0.15) is 0 Å². The zero-order chi connectivity index (χ0) is 23.5. The summed E-state index contributed by atoms with van der Waals surface area (Å²) in [4.78, 5) is 43.9. The summed E-state index contributed by atoms with van der Waals surface area (Å²) in [5.74, 6) is -0.547. The first kappa shape index (κ1) is 22.3. The molecular weight excluding hydrogens is 446 g/mol. The van der Waals surface area contributed by atoms with Gasteiger partial charge in [-0.15, -0.1) is 11.3 Å². The molecule has 4 amide bonds. The van der Waals surface area contributed by atoms with Crippen molar-refractivity contribution in [2.24, 2.45) is 0 Å². The van der Waals surface area contributed by atoms with Crippen LogP contribution in [0.4, 0.5) is 4.79 Å². The zero-order valence-corrected chi connectivity index (χ0v) is 19.7. The fourth-order valence-corrected chi connectivity index (χ4v) is 5.92. The predicted molar refractivity (Wildman–Crippen MR) is 131 cm³/mol. The van der Waals surface area contributed by atoms with Crippen LogP contribution in [0.1, 0.15) is 34.4 Å². The fourth-order valence-electron chi connectivity index (χ4n) is 4.92. The van der Waals surface area contributed by atoms with Crippen LogP contribution in [0, 0.1) is 0 Å². The normalized spacial score (nSPS) is 19.2. The molecule has 34 heavy (non-hydrogen) atoms. The van der Waals surface area contributed by atoms with Gasteiger partial charge in [0.15, 0.2) is 0 Å². The van der Waals surface area contributed by atoms with Gasteiger partial charge in [0.05, 0.1) is 0 Å². The first-order valence-corrected chi connectivity index (χ1v) is 12.5. The quantitative estimate of drug-likeness (QED) is 0.525. The number of imide groups is 1. The van der Waals surface area contributed by atoms with Crippen LogP contribution in [0.15, 0.2) is 72.1 Å². The molecule has 6 nitrogen and oxygen atoms in total. The van der Waals surface area contributed by atoms with Crippen LogP contribution < -0.4 is 5.32 Å². The van der Waals surface area contributed by atoms with Crippen molar-refractivity contribution in [1.82, 2.24) is 15.1 Å². The molecule has 2 heterocycles. The SMILES string of the molecule is O=C(CN1C(=O)N[C@]2(CCCc3sccc32)C1=O)N(CCc1ccccc1)Cc1ccccc1. The first-order valence-electron chi connectivity index (χ1n) is 11.6. The minimum Gasteiger partial charge on any atom is -0.336 e. The van der Waals surface area contributed by atoms with Gasteiger partial charge in [0.2, 0.25) is 5.91 Å². The van der Waals surface area contributed by atoms with Crippen LogP contribution >= 0.6 is 11.3 Å². The molecule has 2 aliphatic rings. The van der Waals surface area contributed by atoms with E-state index in [0.29, 0.717) is 25.9 Å². The van der Waals surface area contributed by atoms with E-state index in [9.17, 15) is 14.4 Å². The molecule has 3 aromatic rings. The number of thiophene rings is 1. The molecule has 1 N–H and O–H groups in total. The molecule has 0 unspecified atom stereocenters. The van der Waals surface area contributed by atoms with Crippen LogP contribution in [-0.2, 0) is 34.5 Å². The van der Waals surface area contributed by atoms with E-state index in [0.717, 1.165) is 39.3 Å². The lowest BCUT2D eigenvalue weighted by atomic mass is 9.80. The number of urea groups is 1. The number of rotatable bonds is 7. The van der Waals surface area contributed by atoms with Crippen LogP contribution in [0.2, 0.25) is 0 Å². The molecule has 174 valence electrons. The zero-order valence-electron chi connectivity index (χ0n) is 18.9. The number of nitrogens with one attached hydrogen (secondary N) is 1. The maximum absolute atomic E-state index is 13.5. The molecule has 2 aromatic carbocycles. The number of nitrogens with zero attached hydrogens (tertiary/aromatic N) is 2. The Kier molecular flexibility index (Phi) is 6.20. The lowest BCUT2D eigenvalue weighted by Crippen LogP contribution is -2.47. The van der Waals surface area contributed by atoms with Gasteiger partial charge in [-0.1, -0.05) is 60.7 Å². The first-order chi connectivity index (χ1) is 16.6. The molecule has 1 atom stereocenters. The summed E-state index contributed by atoms with van der Waals surface area (Å²) >= 11 is 1.62. The number of aryl methyl sites for hydroxylation is 1. The summed E-state index contributed by atoms with van der Waals surface area (Å²) in [5.41, 5.74) is 2.00. The highest BCUT2D eigenvalue weighted by atomic mass is 32.1. The third-order valence-electron chi connectivity index (χ3n) is 6.71. The standard InChI is InChI=1S/C27H27N3O3S/c31-24(29(18-21-10-5-2-6-11-21)16-13-20-8-3-1-4-9-20)19-30-25(32)27(28-26(30)33)15-7-12-23-22(27)14-17-34-23/h1-6,8-11,14,17H,7,12-13,15-16,18-19H2,(H,28,33)/t27-/m0/s1. The van der Waals surface area contributed by atoms with Gasteiger partial charge < -0.3 is 10.2 Å². The average Bonchev–Trinajstić information content (AvgIpc) is 3.43. The van der Waals surface area contributed by atoms with E-state index < -0.39 is 11.6 Å². The predicted octanol–water partition coefficient (Wildman–Crippen LogP) is 4.10. The number of hydrogen-bond acceptors (Lipinski definition) is 4. The van der Waals surface area contributed by atoms with Gasteiger partial charge in [-0.3, -0.25) is 14.5 Å². The van der Waals surface area contributed by atoms with Gasteiger partial charge >= 0.3 is 6.03 Å². The number of carbonyl (C=O) groups is 3. The van der Waals surface area contributed by atoms with Crippen molar-refractivity contribution < 1.29 is 14.4 Å². The van der Waals surface area contributed by atoms with Crippen molar-refractivity contribution in [2.75, 3.05) is 13.1 Å². The van der Waals surface area contributed by atoms with E-state index in [1.54, 1.807) is 16.2 Å². The molecule has 0 bridgehead atoms. The van der Waals surface area contributed by atoms with Crippen molar-refractivity contribution in [1.29, 1.82) is 0 Å². The van der Waals surface area contributed by atoms with E-state index in [4.69, 9.17) is 0 Å². The number of fused-ring (bicyclic) bond motifs is 2. The minimum absolute atomic E-state index is 0.235. The van der Waals surface area contributed by atoms with E-state index in [1.807, 2.05) is 72.1 Å². The van der Waals surface area contributed by atoms with E-state index >= 15 is 0 Å². The third kappa shape index (κ3) is 4.23. The van der Waals surface area contributed by atoms with E-state index in [-0.39, 0.29) is 18.4 Å². The smallest absolute Gasteiger partial charge is 0.325 e. The Hall–Kier alpha value is -3.45. The minimum atomic E-state index is -1.03. The van der Waals surface area contributed by atoms with E-state index in [2.05, 4.69) is 5.32 Å². The maximum atomic E-state index is 13.5. The Morgan fingerprint density at radius 2 is 1.71 bits per heavy atom. The highest BCUT2D eigenvalue weighted by Crippen LogP contribution is 2.42. The Morgan fingerprint density at radius 3 is 2.44 bits per heavy atom. The highest BCUT2D eigenvalue weighted by molar-refractivity contribution is 7.10. The maximum Gasteiger partial charge on any atom is 0.325 e. The lowest BCUT2D eigenvalue weighted by molar-refractivity contribution is -0.139. The number of amides is 4. The summed E-state index contributed by atoms with van der Waals surface area (Å²) < 4.78 is 0. The lowest BCUT2D eigenvalue weighted by Gasteiger charge is -2.31. The molecule has 1 aliphatic heterocycles. The second kappa shape index (κ2) is 9.43. The molecule has 1 saturated heterocycles. The summed E-state index contributed by atoms with van der Waals surface area (Å²) in [6.07, 6.45) is 3.01. The Balaban J connectivity index is 1.34. The van der Waals surface area contributed by atoms with E-state index in [1.165, 1.54) is 0 Å². The van der Waals surface area contributed by atoms with Gasteiger partial charge in [0, 0.05) is 23.5 Å². The molecule has 7 heteroatoms. The van der Waals surface area contributed by atoms with Crippen molar-refractivity contribution in [3.05, 3.63) is 93.7 Å². The molecule has 1 fully saturated rings. The van der Waals surface area contributed by atoms with Crippen molar-refractivity contribution >= 4 is 29.2 Å². The largest absolute Gasteiger partial charge is 0.336 e. The van der Waals surface area contributed by atoms with Gasteiger partial charge in [-0.05, 0) is 48.3 Å². The van der Waals surface area contributed by atoms with Gasteiger partial charge in [0.25, 0.3) is 5.91 Å². The second-order valence-electron chi connectivity index (χ2n) is 8.87. The average molecular weight is 474 g/mol. The van der Waals surface area contributed by atoms with Crippen molar-refractivity contribution in [3.8, 4) is 0 Å². The van der Waals surface area contributed by atoms with Crippen LogP contribution in [0.3, 0.4) is 0 Å². The Morgan fingerprint density at radius 1 is 1.00 bits per heavy atom. The fraction of sp³-hybridized carbons (Fsp3) is 0.296. The highest BCUT2D eigenvalue weighted by Gasteiger charge is 2.54. The van der Waals surface area contributed by atoms with Crippen molar-refractivity contribution in [2.45, 2.75) is 37.8 Å². The molecule has 0 saturated carbocycles. The van der Waals surface area contributed by atoms with Crippen molar-refractivity contribution in [3.63, 3.8) is 0 Å². The second-order valence-corrected chi connectivity index (χ2v) is 9.87. The molecule has 1 aromatic heterocycles. The Bertz CT molecular complexity index is 1190. The number of carbonyl (C=O) groups excluding carboxylic acids is 3. The summed E-state index contributed by atoms with van der Waals surface area (Å²) in [6, 6.07) is 21.2. The number of hydrogen-bond donors (Lipinski definition) is 1. The molecule has 1 aliphatic carbocycles.